The van der Waals surface area contributed by atoms with E-state index in [0.717, 1.165) is 13.1 Å². The summed E-state index contributed by atoms with van der Waals surface area (Å²) in [5, 5.41) is 0. The summed E-state index contributed by atoms with van der Waals surface area (Å²) in [6.07, 6.45) is 5.25. The Balaban J connectivity index is 1.74. The molecule has 0 aliphatic carbocycles. The average molecular weight is 248 g/mol. The molecule has 0 radical (unpaired) electrons. The summed E-state index contributed by atoms with van der Waals surface area (Å²) in [4.78, 5) is 5.07. The maximum atomic E-state index is 13.0. The van der Waals surface area contributed by atoms with Gasteiger partial charge in [-0.05, 0) is 50.1 Å². The highest BCUT2D eigenvalue weighted by molar-refractivity contribution is 5.46. The number of anilines is 1. The Morgan fingerprint density at radius 3 is 2.56 bits per heavy atom. The van der Waals surface area contributed by atoms with Crippen molar-refractivity contribution < 1.29 is 4.39 Å². The van der Waals surface area contributed by atoms with Crippen LogP contribution in [0.5, 0.6) is 0 Å². The van der Waals surface area contributed by atoms with Gasteiger partial charge in [-0.1, -0.05) is 6.42 Å². The molecule has 98 valence electrons. The van der Waals surface area contributed by atoms with Crippen LogP contribution in [-0.4, -0.2) is 37.1 Å². The second kappa shape index (κ2) is 5.27. The number of fused-ring (bicyclic) bond motifs is 1. The molecule has 0 saturated carbocycles. The van der Waals surface area contributed by atoms with Crippen molar-refractivity contribution in [3.63, 3.8) is 0 Å². The van der Waals surface area contributed by atoms with Gasteiger partial charge in [-0.3, -0.25) is 4.90 Å². The van der Waals surface area contributed by atoms with Crippen molar-refractivity contribution in [2.24, 2.45) is 0 Å². The van der Waals surface area contributed by atoms with Gasteiger partial charge in [0.15, 0.2) is 0 Å². The van der Waals surface area contributed by atoms with E-state index in [1.807, 2.05) is 12.1 Å². The lowest BCUT2D eigenvalue weighted by molar-refractivity contribution is 0.162. The Kier molecular flexibility index (Phi) is 3.50. The zero-order chi connectivity index (χ0) is 12.4. The molecule has 1 aromatic rings. The van der Waals surface area contributed by atoms with Gasteiger partial charge in [0.25, 0.3) is 0 Å². The Hall–Kier alpha value is -1.09. The van der Waals surface area contributed by atoms with Crippen molar-refractivity contribution in [1.82, 2.24) is 4.90 Å². The van der Waals surface area contributed by atoms with E-state index in [9.17, 15) is 4.39 Å². The van der Waals surface area contributed by atoms with Crippen LogP contribution in [0, 0.1) is 5.82 Å². The molecule has 3 rings (SSSR count). The summed E-state index contributed by atoms with van der Waals surface area (Å²) >= 11 is 0. The molecule has 0 amide bonds. The van der Waals surface area contributed by atoms with Crippen molar-refractivity contribution in [3.8, 4) is 0 Å². The van der Waals surface area contributed by atoms with Crippen LogP contribution in [0.25, 0.3) is 0 Å². The lowest BCUT2D eigenvalue weighted by atomic mass is 10.0. The van der Waals surface area contributed by atoms with E-state index in [-0.39, 0.29) is 5.82 Å². The molecule has 0 bridgehead atoms. The van der Waals surface area contributed by atoms with Crippen molar-refractivity contribution in [3.05, 3.63) is 30.1 Å². The highest BCUT2D eigenvalue weighted by Crippen LogP contribution is 2.24. The first-order valence-corrected chi connectivity index (χ1v) is 7.07. The fraction of sp³-hybridized carbons (Fsp3) is 0.600. The molecule has 2 nitrogen and oxygen atoms in total. The summed E-state index contributed by atoms with van der Waals surface area (Å²) in [5.41, 5.74) is 1.17. The topological polar surface area (TPSA) is 6.48 Å². The SMILES string of the molecule is Fc1ccc(N2CCCN3CCCCC3C2)cc1. The van der Waals surface area contributed by atoms with Crippen LogP contribution in [0.4, 0.5) is 10.1 Å². The van der Waals surface area contributed by atoms with Gasteiger partial charge in [0.05, 0.1) is 0 Å². The molecule has 2 heterocycles. The Bertz CT molecular complexity index is 390. The van der Waals surface area contributed by atoms with E-state index in [1.54, 1.807) is 12.1 Å². The third-order valence-corrected chi connectivity index (χ3v) is 4.25. The Morgan fingerprint density at radius 1 is 0.944 bits per heavy atom. The number of hydrogen-bond donors (Lipinski definition) is 0. The van der Waals surface area contributed by atoms with E-state index in [2.05, 4.69) is 9.80 Å². The van der Waals surface area contributed by atoms with Crippen LogP contribution in [0.3, 0.4) is 0 Å². The molecule has 2 saturated heterocycles. The fourth-order valence-corrected chi connectivity index (χ4v) is 3.26. The molecule has 3 heteroatoms. The van der Waals surface area contributed by atoms with Crippen LogP contribution in [0.15, 0.2) is 24.3 Å². The third kappa shape index (κ3) is 2.51. The van der Waals surface area contributed by atoms with Gasteiger partial charge in [0, 0.05) is 31.4 Å². The second-order valence-corrected chi connectivity index (χ2v) is 5.46. The van der Waals surface area contributed by atoms with Gasteiger partial charge >= 0.3 is 0 Å². The Labute approximate surface area is 108 Å². The second-order valence-electron chi connectivity index (χ2n) is 5.46. The quantitative estimate of drug-likeness (QED) is 0.754. The molecular formula is C15H21FN2. The lowest BCUT2D eigenvalue weighted by Crippen LogP contribution is -2.44. The number of rotatable bonds is 1. The Morgan fingerprint density at radius 2 is 1.72 bits per heavy atom. The maximum absolute atomic E-state index is 13.0. The van der Waals surface area contributed by atoms with E-state index >= 15 is 0 Å². The number of benzene rings is 1. The van der Waals surface area contributed by atoms with Crippen LogP contribution in [-0.2, 0) is 0 Å². The maximum Gasteiger partial charge on any atom is 0.123 e. The summed E-state index contributed by atoms with van der Waals surface area (Å²) in [7, 11) is 0. The van der Waals surface area contributed by atoms with Gasteiger partial charge in [0.2, 0.25) is 0 Å². The molecule has 2 fully saturated rings. The van der Waals surface area contributed by atoms with Gasteiger partial charge in [-0.15, -0.1) is 0 Å². The normalized spacial score (nSPS) is 25.6. The zero-order valence-electron chi connectivity index (χ0n) is 10.8. The molecule has 1 aromatic carbocycles. The first-order valence-electron chi connectivity index (χ1n) is 7.07. The molecule has 2 aliphatic rings. The highest BCUT2D eigenvalue weighted by atomic mass is 19.1. The molecule has 1 unspecified atom stereocenters. The number of halogens is 1. The summed E-state index contributed by atoms with van der Waals surface area (Å²) in [6, 6.07) is 7.66. The highest BCUT2D eigenvalue weighted by Gasteiger charge is 2.26. The fourth-order valence-electron chi connectivity index (χ4n) is 3.26. The van der Waals surface area contributed by atoms with E-state index in [0.29, 0.717) is 6.04 Å². The smallest absolute Gasteiger partial charge is 0.123 e. The predicted molar refractivity (Wildman–Crippen MR) is 72.4 cm³/mol. The first kappa shape index (κ1) is 12.0. The van der Waals surface area contributed by atoms with Crippen molar-refractivity contribution in [2.45, 2.75) is 31.7 Å². The molecule has 2 aliphatic heterocycles. The standard InChI is InChI=1S/C15H21FN2/c16-13-5-7-14(8-6-13)18-11-3-10-17-9-2-1-4-15(17)12-18/h5-8,15H,1-4,9-12H2. The van der Waals surface area contributed by atoms with Gasteiger partial charge in [-0.25, -0.2) is 4.39 Å². The number of nitrogens with zero attached hydrogens (tertiary/aromatic N) is 2. The minimum Gasteiger partial charge on any atom is -0.370 e. The van der Waals surface area contributed by atoms with Crippen LogP contribution in [0.1, 0.15) is 25.7 Å². The van der Waals surface area contributed by atoms with E-state index < -0.39 is 0 Å². The summed E-state index contributed by atoms with van der Waals surface area (Å²) < 4.78 is 13.0. The van der Waals surface area contributed by atoms with Crippen molar-refractivity contribution >= 4 is 5.69 Å². The van der Waals surface area contributed by atoms with E-state index in [1.165, 1.54) is 44.5 Å². The average Bonchev–Trinajstić information content (AvgIpc) is 2.61. The molecule has 18 heavy (non-hydrogen) atoms. The molecular weight excluding hydrogens is 227 g/mol. The molecule has 0 spiro atoms. The predicted octanol–water partition coefficient (Wildman–Crippen LogP) is 2.89. The number of piperidine rings is 1. The lowest BCUT2D eigenvalue weighted by Gasteiger charge is -2.35. The third-order valence-electron chi connectivity index (χ3n) is 4.25. The zero-order valence-corrected chi connectivity index (χ0v) is 10.8. The summed E-state index contributed by atoms with van der Waals surface area (Å²) in [5.74, 6) is -0.145. The van der Waals surface area contributed by atoms with Gasteiger partial charge in [0.1, 0.15) is 5.82 Å². The molecule has 0 N–H and O–H groups in total. The monoisotopic (exact) mass is 248 g/mol. The minimum atomic E-state index is -0.145. The van der Waals surface area contributed by atoms with Crippen LogP contribution >= 0.6 is 0 Å². The molecule has 1 atom stereocenters. The first-order chi connectivity index (χ1) is 8.83. The van der Waals surface area contributed by atoms with E-state index in [4.69, 9.17) is 0 Å². The minimum absolute atomic E-state index is 0.145. The van der Waals surface area contributed by atoms with Gasteiger partial charge in [-0.2, -0.15) is 0 Å². The summed E-state index contributed by atoms with van der Waals surface area (Å²) in [6.45, 7) is 4.69. The molecule has 0 aromatic heterocycles. The number of hydrogen-bond acceptors (Lipinski definition) is 2. The largest absolute Gasteiger partial charge is 0.370 e. The van der Waals surface area contributed by atoms with Crippen molar-refractivity contribution in [1.29, 1.82) is 0 Å². The van der Waals surface area contributed by atoms with Gasteiger partial charge < -0.3 is 4.90 Å². The van der Waals surface area contributed by atoms with Crippen LogP contribution < -0.4 is 4.90 Å². The van der Waals surface area contributed by atoms with Crippen LogP contribution in [0.2, 0.25) is 0 Å². The van der Waals surface area contributed by atoms with Crippen molar-refractivity contribution in [2.75, 3.05) is 31.1 Å².